The summed E-state index contributed by atoms with van der Waals surface area (Å²) in [5.74, 6) is 0.0272. The van der Waals surface area contributed by atoms with Crippen LogP contribution in [0.2, 0.25) is 0 Å². The Morgan fingerprint density at radius 3 is 2.47 bits per heavy atom. The van der Waals surface area contributed by atoms with E-state index >= 15 is 0 Å². The van der Waals surface area contributed by atoms with Gasteiger partial charge in [-0.3, -0.25) is 4.79 Å². The molecular formula is C16H26N2O. The number of rotatable bonds is 8. The van der Waals surface area contributed by atoms with Crippen LogP contribution in [0, 0.1) is 6.92 Å². The Hall–Kier alpha value is -1.35. The summed E-state index contributed by atoms with van der Waals surface area (Å²) in [4.78, 5) is 11.9. The number of hydrogen-bond acceptors (Lipinski definition) is 2. The van der Waals surface area contributed by atoms with E-state index < -0.39 is 0 Å². The molecule has 1 atom stereocenters. The summed E-state index contributed by atoms with van der Waals surface area (Å²) >= 11 is 0. The highest BCUT2D eigenvalue weighted by molar-refractivity contribution is 5.94. The molecule has 0 aliphatic rings. The molecule has 106 valence electrons. The van der Waals surface area contributed by atoms with Gasteiger partial charge in [0.05, 0.1) is 6.04 Å². The van der Waals surface area contributed by atoms with Crippen molar-refractivity contribution in [2.24, 2.45) is 0 Å². The van der Waals surface area contributed by atoms with Crippen LogP contribution in [0.4, 0.5) is 5.69 Å². The molecule has 0 saturated heterocycles. The maximum Gasteiger partial charge on any atom is 0.241 e. The number of nitrogens with one attached hydrogen (secondary N) is 2. The summed E-state index contributed by atoms with van der Waals surface area (Å²) < 4.78 is 0. The summed E-state index contributed by atoms with van der Waals surface area (Å²) in [5, 5.41) is 6.18. The third kappa shape index (κ3) is 6.39. The van der Waals surface area contributed by atoms with Crippen LogP contribution < -0.4 is 10.6 Å². The number of amides is 1. The normalized spacial score (nSPS) is 12.2. The van der Waals surface area contributed by atoms with Gasteiger partial charge in [-0.1, -0.05) is 43.9 Å². The molecule has 1 amide bonds. The van der Waals surface area contributed by atoms with E-state index in [1.54, 1.807) is 0 Å². The minimum absolute atomic E-state index is 0.0272. The Labute approximate surface area is 116 Å². The van der Waals surface area contributed by atoms with E-state index in [1.807, 2.05) is 38.1 Å². The summed E-state index contributed by atoms with van der Waals surface area (Å²) in [7, 11) is 0. The predicted octanol–water partition coefficient (Wildman–Crippen LogP) is 3.49. The van der Waals surface area contributed by atoms with Crippen molar-refractivity contribution < 1.29 is 4.79 Å². The quantitative estimate of drug-likeness (QED) is 0.704. The fourth-order valence-electron chi connectivity index (χ4n) is 1.85. The third-order valence-electron chi connectivity index (χ3n) is 3.19. The van der Waals surface area contributed by atoms with Gasteiger partial charge < -0.3 is 10.6 Å². The third-order valence-corrected chi connectivity index (χ3v) is 3.19. The van der Waals surface area contributed by atoms with Crippen molar-refractivity contribution in [1.82, 2.24) is 5.32 Å². The lowest BCUT2D eigenvalue weighted by atomic mass is 10.2. The molecule has 0 aromatic heterocycles. The highest BCUT2D eigenvalue weighted by atomic mass is 16.2. The van der Waals surface area contributed by atoms with E-state index in [0.717, 1.165) is 18.7 Å². The molecule has 0 aliphatic heterocycles. The number of anilines is 1. The van der Waals surface area contributed by atoms with Crippen molar-refractivity contribution >= 4 is 11.6 Å². The van der Waals surface area contributed by atoms with Crippen LogP contribution in [0.15, 0.2) is 24.3 Å². The number of benzene rings is 1. The number of aryl methyl sites for hydroxylation is 1. The molecule has 1 unspecified atom stereocenters. The second kappa shape index (κ2) is 8.70. The Morgan fingerprint density at radius 2 is 1.84 bits per heavy atom. The highest BCUT2D eigenvalue weighted by Crippen LogP contribution is 2.08. The standard InChI is InChI=1S/C16H26N2O/c1-4-5-6-7-12-17-14(3)16(19)18-15-10-8-13(2)9-11-15/h8-11,14,17H,4-7,12H2,1-3H3,(H,18,19). The minimum atomic E-state index is -0.150. The maximum absolute atomic E-state index is 11.9. The molecule has 1 rings (SSSR count). The first kappa shape index (κ1) is 15.7. The lowest BCUT2D eigenvalue weighted by Crippen LogP contribution is -2.38. The second-order valence-corrected chi connectivity index (χ2v) is 5.09. The van der Waals surface area contributed by atoms with E-state index in [2.05, 4.69) is 17.6 Å². The Balaban J connectivity index is 2.26. The van der Waals surface area contributed by atoms with Crippen LogP contribution in [0.1, 0.15) is 45.1 Å². The van der Waals surface area contributed by atoms with E-state index in [1.165, 1.54) is 24.8 Å². The lowest BCUT2D eigenvalue weighted by Gasteiger charge is -2.14. The fourth-order valence-corrected chi connectivity index (χ4v) is 1.85. The van der Waals surface area contributed by atoms with Crippen LogP contribution in [-0.2, 0) is 4.79 Å². The summed E-state index contributed by atoms with van der Waals surface area (Å²) in [6.45, 7) is 7.04. The molecule has 0 heterocycles. The zero-order valence-corrected chi connectivity index (χ0v) is 12.3. The first-order valence-corrected chi connectivity index (χ1v) is 7.24. The van der Waals surface area contributed by atoms with Crippen LogP contribution in [0.5, 0.6) is 0 Å². The Morgan fingerprint density at radius 1 is 1.16 bits per heavy atom. The van der Waals surface area contributed by atoms with Gasteiger partial charge in [0.1, 0.15) is 0 Å². The first-order valence-electron chi connectivity index (χ1n) is 7.24. The topological polar surface area (TPSA) is 41.1 Å². The van der Waals surface area contributed by atoms with Crippen LogP contribution in [0.25, 0.3) is 0 Å². The molecule has 0 saturated carbocycles. The van der Waals surface area contributed by atoms with Gasteiger partial charge in [-0.25, -0.2) is 0 Å². The average molecular weight is 262 g/mol. The van der Waals surface area contributed by atoms with Gasteiger partial charge in [-0.2, -0.15) is 0 Å². The maximum atomic E-state index is 11.9. The van der Waals surface area contributed by atoms with Gasteiger partial charge in [0, 0.05) is 5.69 Å². The molecule has 0 bridgehead atoms. The second-order valence-electron chi connectivity index (χ2n) is 5.09. The number of unbranched alkanes of at least 4 members (excludes halogenated alkanes) is 3. The molecule has 1 aromatic carbocycles. The monoisotopic (exact) mass is 262 g/mol. The van der Waals surface area contributed by atoms with Crippen LogP contribution in [-0.4, -0.2) is 18.5 Å². The first-order chi connectivity index (χ1) is 9.13. The molecule has 0 fully saturated rings. The number of carbonyl (C=O) groups excluding carboxylic acids is 1. The van der Waals surface area contributed by atoms with E-state index in [0.29, 0.717) is 0 Å². The van der Waals surface area contributed by atoms with Crippen molar-refractivity contribution in [3.8, 4) is 0 Å². The smallest absolute Gasteiger partial charge is 0.241 e. The molecule has 3 heteroatoms. The summed E-state index contributed by atoms with van der Waals surface area (Å²) in [5.41, 5.74) is 2.05. The number of carbonyl (C=O) groups is 1. The van der Waals surface area contributed by atoms with Crippen molar-refractivity contribution in [3.63, 3.8) is 0 Å². The molecule has 0 aliphatic carbocycles. The summed E-state index contributed by atoms with van der Waals surface area (Å²) in [6.07, 6.45) is 4.88. The van der Waals surface area contributed by atoms with Gasteiger partial charge in [0.25, 0.3) is 0 Å². The van der Waals surface area contributed by atoms with Gasteiger partial charge >= 0.3 is 0 Å². The average Bonchev–Trinajstić information content (AvgIpc) is 2.41. The summed E-state index contributed by atoms with van der Waals surface area (Å²) in [6, 6.07) is 7.71. The zero-order chi connectivity index (χ0) is 14.1. The van der Waals surface area contributed by atoms with Gasteiger partial charge in [0.15, 0.2) is 0 Å². The lowest BCUT2D eigenvalue weighted by molar-refractivity contribution is -0.117. The van der Waals surface area contributed by atoms with Crippen molar-refractivity contribution in [3.05, 3.63) is 29.8 Å². The molecule has 19 heavy (non-hydrogen) atoms. The molecule has 2 N–H and O–H groups in total. The molecule has 3 nitrogen and oxygen atoms in total. The number of hydrogen-bond donors (Lipinski definition) is 2. The molecule has 0 spiro atoms. The van der Waals surface area contributed by atoms with Crippen LogP contribution in [0.3, 0.4) is 0 Å². The van der Waals surface area contributed by atoms with E-state index in [4.69, 9.17) is 0 Å². The minimum Gasteiger partial charge on any atom is -0.325 e. The van der Waals surface area contributed by atoms with Gasteiger partial charge in [0.2, 0.25) is 5.91 Å². The molecule has 0 radical (unpaired) electrons. The van der Waals surface area contributed by atoms with Crippen molar-refractivity contribution in [1.29, 1.82) is 0 Å². The largest absolute Gasteiger partial charge is 0.325 e. The van der Waals surface area contributed by atoms with E-state index in [9.17, 15) is 4.79 Å². The zero-order valence-electron chi connectivity index (χ0n) is 12.3. The fraction of sp³-hybridized carbons (Fsp3) is 0.562. The van der Waals surface area contributed by atoms with Gasteiger partial charge in [-0.05, 0) is 38.9 Å². The molecule has 1 aromatic rings. The Bertz CT molecular complexity index is 373. The van der Waals surface area contributed by atoms with Gasteiger partial charge in [-0.15, -0.1) is 0 Å². The van der Waals surface area contributed by atoms with Crippen LogP contribution >= 0.6 is 0 Å². The highest BCUT2D eigenvalue weighted by Gasteiger charge is 2.11. The molecular weight excluding hydrogens is 236 g/mol. The van der Waals surface area contributed by atoms with Crippen molar-refractivity contribution in [2.75, 3.05) is 11.9 Å². The Kier molecular flexibility index (Phi) is 7.19. The SMILES string of the molecule is CCCCCCNC(C)C(=O)Nc1ccc(C)cc1. The predicted molar refractivity (Wildman–Crippen MR) is 81.4 cm³/mol. The van der Waals surface area contributed by atoms with E-state index in [-0.39, 0.29) is 11.9 Å². The van der Waals surface area contributed by atoms with Crippen molar-refractivity contribution in [2.45, 2.75) is 52.5 Å².